The summed E-state index contributed by atoms with van der Waals surface area (Å²) in [7, 11) is 0. The smallest absolute Gasteiger partial charge is 0.242 e. The normalized spacial score (nSPS) is 15.1. The van der Waals surface area contributed by atoms with Crippen molar-refractivity contribution in [3.8, 4) is 0 Å². The molecule has 0 spiro atoms. The lowest BCUT2D eigenvalue weighted by molar-refractivity contribution is -0.146. The second kappa shape index (κ2) is 16.0. The van der Waals surface area contributed by atoms with Gasteiger partial charge in [0.1, 0.15) is 6.04 Å². The Balaban J connectivity index is 2.86. The number of rotatable bonds is 16. The van der Waals surface area contributed by atoms with Crippen LogP contribution >= 0.6 is 0 Å². The summed E-state index contributed by atoms with van der Waals surface area (Å²) in [6.45, 7) is 17.1. The van der Waals surface area contributed by atoms with Crippen molar-refractivity contribution < 1.29 is 19.4 Å². The number of nitrogens with one attached hydrogen (secondary N) is 3. The fraction of sp³-hybridized carbons (Fsp3) is 0.704. The number of aliphatic hydroxyl groups excluding tert-OH is 1. The van der Waals surface area contributed by atoms with Gasteiger partial charge in [0.05, 0.1) is 12.6 Å². The summed E-state index contributed by atoms with van der Waals surface area (Å²) >= 11 is 0. The van der Waals surface area contributed by atoms with Crippen molar-refractivity contribution in [2.75, 3.05) is 0 Å². The van der Waals surface area contributed by atoms with Crippen molar-refractivity contribution in [1.29, 1.82) is 0 Å². The minimum Gasteiger partial charge on any atom is -0.359 e. The predicted molar refractivity (Wildman–Crippen MR) is 144 cm³/mol. The van der Waals surface area contributed by atoms with Crippen LogP contribution in [0.15, 0.2) is 30.3 Å². The number of ether oxygens (including phenoxy) is 1. The van der Waals surface area contributed by atoms with E-state index in [0.717, 1.165) is 12.0 Å². The summed E-state index contributed by atoms with van der Waals surface area (Å²) in [6.07, 6.45) is 0.605. The number of carbonyl (C=O) groups excluding carboxylic acids is 2. The Labute approximate surface area is 213 Å². The quantitative estimate of drug-likeness (QED) is 0.209. The first-order valence-electron chi connectivity index (χ1n) is 13.1. The lowest BCUT2D eigenvalue weighted by Crippen LogP contribution is -2.57. The highest BCUT2D eigenvalue weighted by molar-refractivity contribution is 6.57. The van der Waals surface area contributed by atoms with Gasteiger partial charge in [0.25, 0.3) is 0 Å². The third-order valence-corrected chi connectivity index (χ3v) is 5.82. The molecule has 4 N–H and O–H groups in total. The van der Waals surface area contributed by atoms with E-state index < -0.39 is 18.5 Å². The third kappa shape index (κ3) is 13.1. The van der Waals surface area contributed by atoms with E-state index in [-0.39, 0.29) is 36.2 Å². The van der Waals surface area contributed by atoms with E-state index in [9.17, 15) is 14.7 Å². The molecule has 0 bridgehead atoms. The van der Waals surface area contributed by atoms with Gasteiger partial charge in [-0.1, -0.05) is 85.5 Å². The van der Waals surface area contributed by atoms with Crippen molar-refractivity contribution in [3.05, 3.63) is 35.9 Å². The molecule has 1 rings (SSSR count). The number of hydrogen-bond acceptors (Lipinski definition) is 5. The maximum atomic E-state index is 13.3. The van der Waals surface area contributed by atoms with E-state index >= 15 is 0 Å². The monoisotopic (exact) mass is 489 g/mol. The van der Waals surface area contributed by atoms with Crippen molar-refractivity contribution in [2.24, 2.45) is 17.8 Å². The molecule has 0 aliphatic heterocycles. The third-order valence-electron chi connectivity index (χ3n) is 5.82. The molecule has 1 aromatic rings. The molecular formula is C27H48BN3O4. The summed E-state index contributed by atoms with van der Waals surface area (Å²) in [5.74, 6) is 0.463. The van der Waals surface area contributed by atoms with E-state index in [1.54, 1.807) is 0 Å². The molecule has 0 aliphatic rings. The van der Waals surface area contributed by atoms with Gasteiger partial charge in [-0.2, -0.15) is 0 Å². The molecule has 0 saturated heterocycles. The summed E-state index contributed by atoms with van der Waals surface area (Å²) in [6, 6.07) is 8.19. The van der Waals surface area contributed by atoms with Crippen LogP contribution in [0.4, 0.5) is 0 Å². The highest BCUT2D eigenvalue weighted by atomic mass is 16.6. The van der Waals surface area contributed by atoms with Gasteiger partial charge in [-0.3, -0.25) is 14.9 Å². The molecule has 4 atom stereocenters. The molecule has 0 heterocycles. The van der Waals surface area contributed by atoms with Crippen LogP contribution in [0.2, 0.25) is 13.6 Å². The van der Waals surface area contributed by atoms with Gasteiger partial charge in [0.2, 0.25) is 18.2 Å². The lowest BCUT2D eigenvalue weighted by atomic mass is 9.47. The molecule has 1 aromatic carbocycles. The Morgan fingerprint density at radius 3 is 1.86 bits per heavy atom. The summed E-state index contributed by atoms with van der Waals surface area (Å²) in [4.78, 5) is 26.5. The van der Waals surface area contributed by atoms with Gasteiger partial charge < -0.3 is 20.5 Å². The van der Waals surface area contributed by atoms with E-state index in [2.05, 4.69) is 43.4 Å². The Kier molecular flexibility index (Phi) is 14.2. The van der Waals surface area contributed by atoms with Gasteiger partial charge in [-0.25, -0.2) is 0 Å². The average Bonchev–Trinajstić information content (AvgIpc) is 2.76. The molecule has 0 radical (unpaired) electrons. The van der Waals surface area contributed by atoms with Crippen LogP contribution in [0.1, 0.15) is 66.4 Å². The molecule has 0 fully saturated rings. The fourth-order valence-corrected chi connectivity index (χ4v) is 3.96. The van der Waals surface area contributed by atoms with E-state index in [1.165, 1.54) is 0 Å². The SMILES string of the molecule is CB(C)[C@H](CC(C)C)NC(=O)[C@@H](CC(C)C)NC(=O)[C@H](CC(C)C)NC(O)OCc1ccccc1. The fourth-order valence-electron chi connectivity index (χ4n) is 3.96. The number of aliphatic hydroxyl groups is 1. The van der Waals surface area contributed by atoms with Crippen molar-refractivity contribution >= 4 is 18.5 Å². The minimum atomic E-state index is -1.31. The zero-order chi connectivity index (χ0) is 26.5. The number of carbonyl (C=O) groups is 2. The zero-order valence-electron chi connectivity index (χ0n) is 23.0. The maximum absolute atomic E-state index is 13.3. The van der Waals surface area contributed by atoms with Gasteiger partial charge in [-0.05, 0) is 42.6 Å². The average molecular weight is 490 g/mol. The second-order valence-electron chi connectivity index (χ2n) is 11.2. The van der Waals surface area contributed by atoms with E-state index in [0.29, 0.717) is 25.5 Å². The molecule has 35 heavy (non-hydrogen) atoms. The largest absolute Gasteiger partial charge is 0.359 e. The van der Waals surface area contributed by atoms with E-state index in [4.69, 9.17) is 4.74 Å². The van der Waals surface area contributed by atoms with Crippen molar-refractivity contribution in [2.45, 2.75) is 105 Å². The standard InChI is InChI=1S/C27H48BN3O4/c1-18(2)14-22(26(33)31-24(28(7)8)16-20(5)6)29-25(32)23(15-19(3)4)30-27(34)35-17-21-12-10-9-11-13-21/h9-13,18-20,22-24,27,30,34H,14-17H2,1-8H3,(H,29,32)(H,31,33)/t22-,23+,24+,27?/m1/s1. The minimum absolute atomic E-state index is 0.0480. The summed E-state index contributed by atoms with van der Waals surface area (Å²) in [5.41, 5.74) is 0.924. The van der Waals surface area contributed by atoms with Crippen LogP contribution < -0.4 is 16.0 Å². The second-order valence-corrected chi connectivity index (χ2v) is 11.2. The Morgan fingerprint density at radius 2 is 1.34 bits per heavy atom. The number of benzene rings is 1. The van der Waals surface area contributed by atoms with Crippen LogP contribution in [0.25, 0.3) is 0 Å². The van der Waals surface area contributed by atoms with Crippen LogP contribution in [0.3, 0.4) is 0 Å². The highest BCUT2D eigenvalue weighted by Gasteiger charge is 2.30. The Morgan fingerprint density at radius 1 is 0.829 bits per heavy atom. The first-order chi connectivity index (χ1) is 16.4. The van der Waals surface area contributed by atoms with Crippen LogP contribution in [-0.2, 0) is 20.9 Å². The van der Waals surface area contributed by atoms with Gasteiger partial charge in [0, 0.05) is 5.94 Å². The molecule has 0 saturated carbocycles. The van der Waals surface area contributed by atoms with Gasteiger partial charge in [0.15, 0.2) is 6.71 Å². The molecule has 198 valence electrons. The predicted octanol–water partition coefficient (Wildman–Crippen LogP) is 3.84. The maximum Gasteiger partial charge on any atom is 0.242 e. The Bertz CT molecular complexity index is 743. The van der Waals surface area contributed by atoms with Crippen molar-refractivity contribution in [1.82, 2.24) is 16.0 Å². The van der Waals surface area contributed by atoms with Crippen LogP contribution in [0.5, 0.6) is 0 Å². The number of amides is 2. The first kappa shape index (κ1) is 31.1. The summed E-state index contributed by atoms with van der Waals surface area (Å²) in [5, 5.41) is 19.4. The Hall–Kier alpha value is -1.90. The molecule has 7 nitrogen and oxygen atoms in total. The topological polar surface area (TPSA) is 99.7 Å². The highest BCUT2D eigenvalue weighted by Crippen LogP contribution is 2.12. The first-order valence-corrected chi connectivity index (χ1v) is 13.1. The molecule has 1 unspecified atom stereocenters. The molecular weight excluding hydrogens is 441 g/mol. The molecule has 2 amide bonds. The van der Waals surface area contributed by atoms with Gasteiger partial charge in [-0.15, -0.1) is 0 Å². The van der Waals surface area contributed by atoms with Crippen molar-refractivity contribution in [3.63, 3.8) is 0 Å². The summed E-state index contributed by atoms with van der Waals surface area (Å²) < 4.78 is 5.51. The number of hydrogen-bond donors (Lipinski definition) is 4. The van der Waals surface area contributed by atoms with Crippen LogP contribution in [0, 0.1) is 17.8 Å². The van der Waals surface area contributed by atoms with E-state index in [1.807, 2.05) is 58.0 Å². The molecule has 0 aliphatic carbocycles. The van der Waals surface area contributed by atoms with Crippen LogP contribution in [-0.4, -0.2) is 48.1 Å². The molecule has 0 aromatic heterocycles. The van der Waals surface area contributed by atoms with Gasteiger partial charge >= 0.3 is 0 Å². The molecule has 8 heteroatoms. The zero-order valence-corrected chi connectivity index (χ0v) is 23.0. The lowest BCUT2D eigenvalue weighted by Gasteiger charge is -2.29.